The molecule has 0 saturated carbocycles. The number of halogens is 1. The van der Waals surface area contributed by atoms with Crippen molar-refractivity contribution in [2.24, 2.45) is 0 Å². The van der Waals surface area contributed by atoms with Crippen LogP contribution in [-0.4, -0.2) is 24.5 Å². The maximum Gasteiger partial charge on any atom is 0.123 e. The molecule has 0 radical (unpaired) electrons. The molecule has 2 heterocycles. The molecule has 0 amide bonds. The van der Waals surface area contributed by atoms with Crippen molar-refractivity contribution in [2.45, 2.75) is 6.04 Å². The molecule has 4 aromatic rings. The second-order valence-electron chi connectivity index (χ2n) is 5.39. The van der Waals surface area contributed by atoms with E-state index in [9.17, 15) is 4.39 Å². The second-order valence-corrected chi connectivity index (χ2v) is 5.39. The van der Waals surface area contributed by atoms with E-state index < -0.39 is 0 Å². The molecule has 0 saturated heterocycles. The minimum Gasteiger partial charge on any atom is -0.324 e. The van der Waals surface area contributed by atoms with Gasteiger partial charge in [-0.05, 0) is 29.8 Å². The van der Waals surface area contributed by atoms with Crippen LogP contribution in [-0.2, 0) is 0 Å². The lowest BCUT2D eigenvalue weighted by atomic mass is 10.0. The lowest BCUT2D eigenvalue weighted by Crippen LogP contribution is -2.11. The number of hydrogen-bond acceptors (Lipinski definition) is 3. The van der Waals surface area contributed by atoms with Gasteiger partial charge >= 0.3 is 0 Å². The fourth-order valence-corrected chi connectivity index (χ4v) is 2.67. The van der Waals surface area contributed by atoms with Crippen molar-refractivity contribution >= 4 is 0 Å². The number of rotatable bonds is 4. The van der Waals surface area contributed by atoms with E-state index in [0.717, 1.165) is 16.9 Å². The van der Waals surface area contributed by atoms with Crippen LogP contribution < -0.4 is 0 Å². The van der Waals surface area contributed by atoms with Gasteiger partial charge in [-0.3, -0.25) is 0 Å². The third-order valence-electron chi connectivity index (χ3n) is 3.82. The highest BCUT2D eigenvalue weighted by Crippen LogP contribution is 2.25. The van der Waals surface area contributed by atoms with Crippen LogP contribution in [0.5, 0.6) is 0 Å². The molecule has 0 N–H and O–H groups in total. The zero-order chi connectivity index (χ0) is 16.4. The van der Waals surface area contributed by atoms with Crippen molar-refractivity contribution in [3.8, 4) is 5.69 Å². The third-order valence-corrected chi connectivity index (χ3v) is 3.82. The van der Waals surface area contributed by atoms with Crippen molar-refractivity contribution in [3.05, 3.63) is 96.6 Å². The van der Waals surface area contributed by atoms with Crippen LogP contribution in [0.25, 0.3) is 5.69 Å². The lowest BCUT2D eigenvalue weighted by Gasteiger charge is -2.16. The van der Waals surface area contributed by atoms with Gasteiger partial charge in [0.2, 0.25) is 0 Å². The summed E-state index contributed by atoms with van der Waals surface area (Å²) in [5.41, 5.74) is 2.60. The van der Waals surface area contributed by atoms with Gasteiger partial charge in [0, 0.05) is 12.4 Å². The molecule has 2 aromatic heterocycles. The number of hydrogen-bond donors (Lipinski definition) is 0. The van der Waals surface area contributed by atoms with Crippen LogP contribution in [0.4, 0.5) is 4.39 Å². The highest BCUT2D eigenvalue weighted by Gasteiger charge is 2.20. The SMILES string of the molecule is Fc1ccc([C@@H](c2cn(-c3ccccc3)nn2)n2ccnc2)cc1. The number of aromatic nitrogens is 5. The molecular formula is C18H14FN5. The molecule has 1 atom stereocenters. The van der Waals surface area contributed by atoms with Gasteiger partial charge in [-0.15, -0.1) is 5.10 Å². The summed E-state index contributed by atoms with van der Waals surface area (Å²) in [6.45, 7) is 0. The van der Waals surface area contributed by atoms with Gasteiger partial charge in [-0.2, -0.15) is 0 Å². The molecule has 24 heavy (non-hydrogen) atoms. The number of benzene rings is 2. The Balaban J connectivity index is 1.77. The second kappa shape index (κ2) is 6.08. The first-order valence-corrected chi connectivity index (χ1v) is 7.52. The molecule has 0 unspecified atom stereocenters. The zero-order valence-corrected chi connectivity index (χ0v) is 12.7. The molecule has 4 rings (SSSR count). The van der Waals surface area contributed by atoms with Gasteiger partial charge in [0.1, 0.15) is 17.6 Å². The van der Waals surface area contributed by atoms with Crippen molar-refractivity contribution in [2.75, 3.05) is 0 Å². The average Bonchev–Trinajstić information content (AvgIpc) is 3.30. The fraction of sp³-hybridized carbons (Fsp3) is 0.0556. The Morgan fingerprint density at radius 1 is 0.958 bits per heavy atom. The number of imidazole rings is 1. The van der Waals surface area contributed by atoms with Crippen LogP contribution in [0.3, 0.4) is 0 Å². The summed E-state index contributed by atoms with van der Waals surface area (Å²) in [5.74, 6) is -0.268. The zero-order valence-electron chi connectivity index (χ0n) is 12.7. The van der Waals surface area contributed by atoms with Crippen molar-refractivity contribution in [1.29, 1.82) is 0 Å². The monoisotopic (exact) mass is 319 g/mol. The third kappa shape index (κ3) is 2.69. The van der Waals surface area contributed by atoms with Gasteiger partial charge in [0.05, 0.1) is 18.2 Å². The van der Waals surface area contributed by atoms with E-state index in [4.69, 9.17) is 0 Å². The highest BCUT2D eigenvalue weighted by atomic mass is 19.1. The van der Waals surface area contributed by atoms with Crippen LogP contribution in [0.1, 0.15) is 17.3 Å². The van der Waals surface area contributed by atoms with Crippen molar-refractivity contribution < 1.29 is 4.39 Å². The summed E-state index contributed by atoms with van der Waals surface area (Å²) < 4.78 is 16.9. The summed E-state index contributed by atoms with van der Waals surface area (Å²) in [7, 11) is 0. The topological polar surface area (TPSA) is 48.5 Å². The minimum atomic E-state index is -0.268. The molecule has 118 valence electrons. The summed E-state index contributed by atoms with van der Waals surface area (Å²) in [4.78, 5) is 4.11. The Hall–Kier alpha value is -3.28. The number of para-hydroxylation sites is 1. The average molecular weight is 319 g/mol. The lowest BCUT2D eigenvalue weighted by molar-refractivity contribution is 0.619. The van der Waals surface area contributed by atoms with Gasteiger partial charge < -0.3 is 4.57 Å². The van der Waals surface area contributed by atoms with Gasteiger partial charge in [0.15, 0.2) is 0 Å². The standard InChI is InChI=1S/C18H14FN5/c19-15-8-6-14(7-9-15)18(23-11-10-20-13-23)17-12-24(22-21-17)16-4-2-1-3-5-16/h1-13,18H/t18-/m0/s1. The Labute approximate surface area is 138 Å². The fourth-order valence-electron chi connectivity index (χ4n) is 2.67. The highest BCUT2D eigenvalue weighted by molar-refractivity contribution is 5.33. The molecule has 0 spiro atoms. The Morgan fingerprint density at radius 3 is 2.46 bits per heavy atom. The van der Waals surface area contributed by atoms with Crippen LogP contribution in [0.15, 0.2) is 79.5 Å². The Kier molecular flexibility index (Phi) is 3.63. The predicted octanol–water partition coefficient (Wildman–Crippen LogP) is 3.24. The normalized spacial score (nSPS) is 12.2. The van der Waals surface area contributed by atoms with Crippen LogP contribution in [0, 0.1) is 5.82 Å². The molecular weight excluding hydrogens is 305 g/mol. The van der Waals surface area contributed by atoms with E-state index >= 15 is 0 Å². The van der Waals surface area contributed by atoms with E-state index in [2.05, 4.69) is 15.3 Å². The van der Waals surface area contributed by atoms with Gasteiger partial charge in [0.25, 0.3) is 0 Å². The Bertz CT molecular complexity index is 914. The summed E-state index contributed by atoms with van der Waals surface area (Å²) in [5, 5.41) is 8.54. The van der Waals surface area contributed by atoms with E-state index in [-0.39, 0.29) is 11.9 Å². The predicted molar refractivity (Wildman–Crippen MR) is 87.2 cm³/mol. The van der Waals surface area contributed by atoms with Crippen molar-refractivity contribution in [3.63, 3.8) is 0 Å². The molecule has 0 aliphatic rings. The minimum absolute atomic E-state index is 0.217. The van der Waals surface area contributed by atoms with Crippen LogP contribution >= 0.6 is 0 Å². The van der Waals surface area contributed by atoms with E-state index in [1.54, 1.807) is 29.3 Å². The smallest absolute Gasteiger partial charge is 0.123 e. The molecule has 0 aliphatic heterocycles. The van der Waals surface area contributed by atoms with Gasteiger partial charge in [-0.1, -0.05) is 35.5 Å². The Morgan fingerprint density at radius 2 is 1.75 bits per heavy atom. The van der Waals surface area contributed by atoms with Crippen molar-refractivity contribution in [1.82, 2.24) is 24.5 Å². The molecule has 5 nitrogen and oxygen atoms in total. The van der Waals surface area contributed by atoms with Gasteiger partial charge in [-0.25, -0.2) is 14.1 Å². The summed E-state index contributed by atoms with van der Waals surface area (Å²) in [6, 6.07) is 15.9. The largest absolute Gasteiger partial charge is 0.324 e. The molecule has 2 aromatic carbocycles. The molecule has 0 aliphatic carbocycles. The first-order valence-electron chi connectivity index (χ1n) is 7.52. The summed E-state index contributed by atoms with van der Waals surface area (Å²) >= 11 is 0. The van der Waals surface area contributed by atoms with E-state index in [1.807, 2.05) is 47.3 Å². The quantitative estimate of drug-likeness (QED) is 0.580. The molecule has 0 fully saturated rings. The van der Waals surface area contributed by atoms with E-state index in [0.29, 0.717) is 0 Å². The maximum absolute atomic E-state index is 13.3. The maximum atomic E-state index is 13.3. The first kappa shape index (κ1) is 14.3. The molecule has 0 bridgehead atoms. The van der Waals surface area contributed by atoms with E-state index in [1.165, 1.54) is 12.1 Å². The van der Waals surface area contributed by atoms with Crippen LogP contribution in [0.2, 0.25) is 0 Å². The first-order chi connectivity index (χ1) is 11.8. The molecule has 6 heteroatoms. The number of nitrogens with zero attached hydrogens (tertiary/aromatic N) is 5. The summed E-state index contributed by atoms with van der Waals surface area (Å²) in [6.07, 6.45) is 7.16.